The summed E-state index contributed by atoms with van der Waals surface area (Å²) in [5.74, 6) is 1.35. The van der Waals surface area contributed by atoms with E-state index in [0.717, 1.165) is 12.4 Å². The van der Waals surface area contributed by atoms with Gasteiger partial charge in [-0.15, -0.1) is 11.3 Å². The Kier molecular flexibility index (Phi) is 4.61. The van der Waals surface area contributed by atoms with Gasteiger partial charge in [0.25, 0.3) is 0 Å². The van der Waals surface area contributed by atoms with Crippen molar-refractivity contribution in [2.45, 2.75) is 19.9 Å². The topological polar surface area (TPSA) is 41.1 Å². The third kappa shape index (κ3) is 3.16. The van der Waals surface area contributed by atoms with Gasteiger partial charge in [-0.2, -0.15) is 4.98 Å². The van der Waals surface area contributed by atoms with E-state index >= 15 is 0 Å². The highest BCUT2D eigenvalue weighted by Crippen LogP contribution is 2.31. The fraction of sp³-hybridized carbons (Fsp3) is 0.385. The molecule has 1 N–H and O–H groups in total. The molecule has 19 heavy (non-hydrogen) atoms. The maximum atomic E-state index is 6.21. The second-order valence-electron chi connectivity index (χ2n) is 4.20. The SMILES string of the molecule is CCNc1ncc(Cl)c(N(C)C(C)c2cccs2)n1. The molecular formula is C13H17ClN4S. The highest BCUT2D eigenvalue weighted by Gasteiger charge is 2.17. The molecule has 1 atom stereocenters. The molecule has 0 aromatic carbocycles. The van der Waals surface area contributed by atoms with Gasteiger partial charge >= 0.3 is 0 Å². The molecule has 0 spiro atoms. The quantitative estimate of drug-likeness (QED) is 0.910. The van der Waals surface area contributed by atoms with Gasteiger partial charge in [-0.25, -0.2) is 4.98 Å². The van der Waals surface area contributed by atoms with Gasteiger partial charge in [-0.3, -0.25) is 0 Å². The molecule has 0 aliphatic rings. The van der Waals surface area contributed by atoms with E-state index < -0.39 is 0 Å². The maximum absolute atomic E-state index is 6.21. The summed E-state index contributed by atoms with van der Waals surface area (Å²) in [6, 6.07) is 4.39. The zero-order valence-electron chi connectivity index (χ0n) is 11.2. The number of nitrogens with zero attached hydrogens (tertiary/aromatic N) is 3. The Hall–Kier alpha value is -1.33. The summed E-state index contributed by atoms with van der Waals surface area (Å²) < 4.78 is 0. The Morgan fingerprint density at radius 2 is 2.32 bits per heavy atom. The minimum absolute atomic E-state index is 0.224. The van der Waals surface area contributed by atoms with Gasteiger partial charge in [0.15, 0.2) is 5.82 Å². The maximum Gasteiger partial charge on any atom is 0.224 e. The van der Waals surface area contributed by atoms with Crippen molar-refractivity contribution >= 4 is 34.7 Å². The van der Waals surface area contributed by atoms with E-state index in [4.69, 9.17) is 11.6 Å². The standard InChI is InChI=1S/C13H17ClN4S/c1-4-15-13-16-8-10(14)12(17-13)18(3)9(2)11-6-5-7-19-11/h5-9H,4H2,1-3H3,(H,15,16,17). The average Bonchev–Trinajstić information content (AvgIpc) is 2.93. The van der Waals surface area contributed by atoms with E-state index in [1.165, 1.54) is 4.88 Å². The molecule has 2 rings (SSSR count). The van der Waals surface area contributed by atoms with Crippen molar-refractivity contribution in [3.8, 4) is 0 Å². The molecule has 2 heterocycles. The largest absolute Gasteiger partial charge is 0.354 e. The number of halogens is 1. The molecule has 0 saturated carbocycles. The number of anilines is 2. The van der Waals surface area contributed by atoms with Crippen molar-refractivity contribution in [3.05, 3.63) is 33.6 Å². The van der Waals surface area contributed by atoms with Gasteiger partial charge in [0, 0.05) is 18.5 Å². The Labute approximate surface area is 122 Å². The Balaban J connectivity index is 2.27. The van der Waals surface area contributed by atoms with E-state index in [-0.39, 0.29) is 6.04 Å². The molecule has 0 amide bonds. The highest BCUT2D eigenvalue weighted by molar-refractivity contribution is 7.10. The summed E-state index contributed by atoms with van der Waals surface area (Å²) in [4.78, 5) is 12.0. The summed E-state index contributed by atoms with van der Waals surface area (Å²) >= 11 is 7.94. The summed E-state index contributed by atoms with van der Waals surface area (Å²) in [5.41, 5.74) is 0. The first kappa shape index (κ1) is 14.1. The minimum atomic E-state index is 0.224. The smallest absolute Gasteiger partial charge is 0.224 e. The molecule has 0 radical (unpaired) electrons. The highest BCUT2D eigenvalue weighted by atomic mass is 35.5. The van der Waals surface area contributed by atoms with Crippen molar-refractivity contribution in [3.63, 3.8) is 0 Å². The fourth-order valence-corrected chi connectivity index (χ4v) is 2.80. The lowest BCUT2D eigenvalue weighted by molar-refractivity contribution is 0.741. The molecule has 2 aromatic heterocycles. The molecule has 0 saturated heterocycles. The van der Waals surface area contributed by atoms with Gasteiger partial charge in [0.05, 0.1) is 12.2 Å². The molecule has 0 aliphatic carbocycles. The van der Waals surface area contributed by atoms with Crippen LogP contribution in [-0.2, 0) is 0 Å². The van der Waals surface area contributed by atoms with Gasteiger partial charge in [-0.1, -0.05) is 17.7 Å². The van der Waals surface area contributed by atoms with Crippen LogP contribution in [0.15, 0.2) is 23.7 Å². The number of aromatic nitrogens is 2. The van der Waals surface area contributed by atoms with E-state index in [1.54, 1.807) is 17.5 Å². The van der Waals surface area contributed by atoms with Crippen molar-refractivity contribution in [2.24, 2.45) is 0 Å². The van der Waals surface area contributed by atoms with Crippen LogP contribution in [0.25, 0.3) is 0 Å². The van der Waals surface area contributed by atoms with Crippen LogP contribution in [0.3, 0.4) is 0 Å². The lowest BCUT2D eigenvalue weighted by atomic mass is 10.2. The Morgan fingerprint density at radius 1 is 1.53 bits per heavy atom. The van der Waals surface area contributed by atoms with Crippen LogP contribution in [0, 0.1) is 0 Å². The third-order valence-electron chi connectivity index (χ3n) is 2.93. The van der Waals surface area contributed by atoms with Crippen LogP contribution in [0.4, 0.5) is 11.8 Å². The number of hydrogen-bond acceptors (Lipinski definition) is 5. The zero-order valence-corrected chi connectivity index (χ0v) is 12.8. The van der Waals surface area contributed by atoms with Crippen molar-refractivity contribution in [1.29, 1.82) is 0 Å². The van der Waals surface area contributed by atoms with E-state index in [1.807, 2.05) is 14.0 Å². The zero-order chi connectivity index (χ0) is 13.8. The third-order valence-corrected chi connectivity index (χ3v) is 4.24. The Morgan fingerprint density at radius 3 is 2.95 bits per heavy atom. The second-order valence-corrected chi connectivity index (χ2v) is 5.58. The lowest BCUT2D eigenvalue weighted by Crippen LogP contribution is -2.23. The molecule has 6 heteroatoms. The van der Waals surface area contributed by atoms with Crippen LogP contribution < -0.4 is 10.2 Å². The Bertz CT molecular complexity index is 529. The van der Waals surface area contributed by atoms with Gasteiger partial charge in [-0.05, 0) is 25.3 Å². The van der Waals surface area contributed by atoms with Gasteiger partial charge in [0.2, 0.25) is 5.95 Å². The molecular weight excluding hydrogens is 280 g/mol. The normalized spacial score (nSPS) is 12.2. The average molecular weight is 297 g/mol. The van der Waals surface area contributed by atoms with Gasteiger partial charge in [0.1, 0.15) is 5.02 Å². The minimum Gasteiger partial charge on any atom is -0.354 e. The molecule has 1 unspecified atom stereocenters. The molecule has 0 fully saturated rings. The molecule has 102 valence electrons. The number of hydrogen-bond donors (Lipinski definition) is 1. The number of rotatable bonds is 5. The first-order chi connectivity index (χ1) is 9.13. The summed E-state index contributed by atoms with van der Waals surface area (Å²) in [5, 5.41) is 5.74. The monoisotopic (exact) mass is 296 g/mol. The van der Waals surface area contributed by atoms with Crippen LogP contribution in [0.1, 0.15) is 24.8 Å². The summed E-state index contributed by atoms with van der Waals surface area (Å²) in [6.45, 7) is 4.93. The van der Waals surface area contributed by atoms with Gasteiger partial charge < -0.3 is 10.2 Å². The predicted molar refractivity (Wildman–Crippen MR) is 82.3 cm³/mol. The van der Waals surface area contributed by atoms with Crippen LogP contribution in [-0.4, -0.2) is 23.6 Å². The van der Waals surface area contributed by atoms with Crippen molar-refractivity contribution in [2.75, 3.05) is 23.8 Å². The molecule has 0 aliphatic heterocycles. The van der Waals surface area contributed by atoms with Crippen LogP contribution in [0.5, 0.6) is 0 Å². The summed E-state index contributed by atoms with van der Waals surface area (Å²) in [7, 11) is 1.99. The predicted octanol–water partition coefficient (Wildman–Crippen LogP) is 3.82. The molecule has 2 aromatic rings. The van der Waals surface area contributed by atoms with E-state index in [0.29, 0.717) is 11.0 Å². The van der Waals surface area contributed by atoms with Crippen LogP contribution in [0.2, 0.25) is 5.02 Å². The second kappa shape index (κ2) is 6.21. The summed E-state index contributed by atoms with van der Waals surface area (Å²) in [6.07, 6.45) is 1.64. The van der Waals surface area contributed by atoms with E-state index in [9.17, 15) is 0 Å². The first-order valence-electron chi connectivity index (χ1n) is 6.16. The number of nitrogens with one attached hydrogen (secondary N) is 1. The molecule has 4 nitrogen and oxygen atoms in total. The van der Waals surface area contributed by atoms with Crippen molar-refractivity contribution < 1.29 is 0 Å². The van der Waals surface area contributed by atoms with E-state index in [2.05, 4.69) is 44.6 Å². The number of thiophene rings is 1. The van der Waals surface area contributed by atoms with Crippen LogP contribution >= 0.6 is 22.9 Å². The lowest BCUT2D eigenvalue weighted by Gasteiger charge is -2.26. The van der Waals surface area contributed by atoms with Crippen molar-refractivity contribution in [1.82, 2.24) is 9.97 Å². The molecule has 0 bridgehead atoms. The fourth-order valence-electron chi connectivity index (χ4n) is 1.75. The first-order valence-corrected chi connectivity index (χ1v) is 7.42.